The third-order valence-corrected chi connectivity index (χ3v) is 6.66. The van der Waals surface area contributed by atoms with Crippen LogP contribution in [0, 0.1) is 5.82 Å². The second kappa shape index (κ2) is 10.3. The number of thioether (sulfide) groups is 1. The van der Waals surface area contributed by atoms with E-state index < -0.39 is 0 Å². The van der Waals surface area contributed by atoms with Gasteiger partial charge in [-0.2, -0.15) is 0 Å². The number of hydrogen-bond donors (Lipinski definition) is 0. The molecule has 0 radical (unpaired) electrons. The van der Waals surface area contributed by atoms with Crippen LogP contribution < -0.4 is 15.0 Å². The third kappa shape index (κ3) is 4.99. The average molecular weight is 485 g/mol. The monoisotopic (exact) mass is 484 g/mol. The standard InChI is InChI=1S/C25H22ClFN2O3S/c1-31-22-11-10-16(14-23(22)32-2)12-13-29-24(30)17-6-3-4-9-21(17)28-25(29)33-15-18-19(26)7-5-8-20(18)27/h3-11,14H,12-13,15H2,1-2H3. The van der Waals surface area contributed by atoms with Crippen LogP contribution in [0.1, 0.15) is 11.1 Å². The fraction of sp³-hybridized carbons (Fsp3) is 0.200. The first-order valence-corrected chi connectivity index (χ1v) is 11.6. The zero-order valence-electron chi connectivity index (χ0n) is 18.2. The fourth-order valence-corrected chi connectivity index (χ4v) is 4.91. The van der Waals surface area contributed by atoms with Crippen molar-refractivity contribution in [1.82, 2.24) is 9.55 Å². The van der Waals surface area contributed by atoms with Crippen molar-refractivity contribution < 1.29 is 13.9 Å². The van der Waals surface area contributed by atoms with Gasteiger partial charge in [0.1, 0.15) is 5.82 Å². The van der Waals surface area contributed by atoms with Gasteiger partial charge < -0.3 is 9.47 Å². The summed E-state index contributed by atoms with van der Waals surface area (Å²) >= 11 is 7.48. The maximum absolute atomic E-state index is 14.3. The normalized spacial score (nSPS) is 11.0. The van der Waals surface area contributed by atoms with Crippen LogP contribution in [0.3, 0.4) is 0 Å². The van der Waals surface area contributed by atoms with Crippen molar-refractivity contribution in [1.29, 1.82) is 0 Å². The molecule has 0 fully saturated rings. The molecular formula is C25H22ClFN2O3S. The molecule has 0 bridgehead atoms. The highest BCUT2D eigenvalue weighted by Gasteiger charge is 2.15. The van der Waals surface area contributed by atoms with Gasteiger partial charge in [0.05, 0.1) is 25.1 Å². The molecule has 33 heavy (non-hydrogen) atoms. The predicted octanol–water partition coefficient (Wildman–Crippen LogP) is 5.74. The van der Waals surface area contributed by atoms with Crippen molar-refractivity contribution in [3.8, 4) is 11.5 Å². The van der Waals surface area contributed by atoms with Gasteiger partial charge in [-0.05, 0) is 48.4 Å². The number of rotatable bonds is 8. The molecule has 170 valence electrons. The number of fused-ring (bicyclic) bond motifs is 1. The Labute approximate surface area is 200 Å². The van der Waals surface area contributed by atoms with Crippen molar-refractivity contribution >= 4 is 34.3 Å². The predicted molar refractivity (Wildman–Crippen MR) is 130 cm³/mol. The molecule has 0 unspecified atom stereocenters. The summed E-state index contributed by atoms with van der Waals surface area (Å²) in [6.07, 6.45) is 0.578. The number of hydrogen-bond acceptors (Lipinski definition) is 5. The SMILES string of the molecule is COc1ccc(CCn2c(SCc3c(F)cccc3Cl)nc3ccccc3c2=O)cc1OC. The summed E-state index contributed by atoms with van der Waals surface area (Å²) < 4.78 is 26.6. The van der Waals surface area contributed by atoms with Crippen LogP contribution in [0.2, 0.25) is 5.02 Å². The Kier molecular flexibility index (Phi) is 7.20. The largest absolute Gasteiger partial charge is 0.493 e. The van der Waals surface area contributed by atoms with E-state index in [4.69, 9.17) is 26.1 Å². The van der Waals surface area contributed by atoms with Crippen LogP contribution in [0.4, 0.5) is 4.39 Å². The highest BCUT2D eigenvalue weighted by molar-refractivity contribution is 7.98. The minimum Gasteiger partial charge on any atom is -0.493 e. The number of para-hydroxylation sites is 1. The average Bonchev–Trinajstić information content (AvgIpc) is 2.83. The van der Waals surface area contributed by atoms with E-state index >= 15 is 0 Å². The lowest BCUT2D eigenvalue weighted by atomic mass is 10.1. The van der Waals surface area contributed by atoms with Gasteiger partial charge in [0, 0.05) is 22.9 Å². The molecule has 0 aliphatic heterocycles. The first-order chi connectivity index (χ1) is 16.0. The van der Waals surface area contributed by atoms with Crippen LogP contribution in [-0.4, -0.2) is 23.8 Å². The molecule has 0 amide bonds. The van der Waals surface area contributed by atoms with E-state index in [0.29, 0.717) is 51.1 Å². The summed E-state index contributed by atoms with van der Waals surface area (Å²) in [6, 6.07) is 17.5. The molecule has 5 nitrogen and oxygen atoms in total. The van der Waals surface area contributed by atoms with Gasteiger partial charge in [-0.3, -0.25) is 9.36 Å². The molecule has 1 heterocycles. The molecule has 0 N–H and O–H groups in total. The lowest BCUT2D eigenvalue weighted by molar-refractivity contribution is 0.354. The highest BCUT2D eigenvalue weighted by Crippen LogP contribution is 2.30. The quantitative estimate of drug-likeness (QED) is 0.236. The number of benzene rings is 3. The summed E-state index contributed by atoms with van der Waals surface area (Å²) in [4.78, 5) is 18.0. The Hall–Kier alpha value is -3.03. The number of aromatic nitrogens is 2. The molecule has 0 spiro atoms. The van der Waals surface area contributed by atoms with Crippen LogP contribution in [0.5, 0.6) is 11.5 Å². The first-order valence-electron chi connectivity index (χ1n) is 10.3. The smallest absolute Gasteiger partial charge is 0.262 e. The number of methoxy groups -OCH3 is 2. The highest BCUT2D eigenvalue weighted by atomic mass is 35.5. The Morgan fingerprint density at radius 2 is 1.82 bits per heavy atom. The molecule has 1 aromatic heterocycles. The van der Waals surface area contributed by atoms with Gasteiger partial charge in [-0.25, -0.2) is 9.37 Å². The zero-order valence-corrected chi connectivity index (χ0v) is 19.8. The molecule has 0 aliphatic carbocycles. The van der Waals surface area contributed by atoms with Crippen LogP contribution >= 0.6 is 23.4 Å². The minimum atomic E-state index is -0.380. The van der Waals surface area contributed by atoms with Crippen LogP contribution in [-0.2, 0) is 18.7 Å². The summed E-state index contributed by atoms with van der Waals surface area (Å²) in [5, 5.41) is 1.40. The van der Waals surface area contributed by atoms with Crippen molar-refractivity contribution in [3.05, 3.63) is 93.0 Å². The van der Waals surface area contributed by atoms with Gasteiger partial charge in [-0.15, -0.1) is 0 Å². The third-order valence-electron chi connectivity index (χ3n) is 5.31. The maximum atomic E-state index is 14.3. The van der Waals surface area contributed by atoms with E-state index in [1.165, 1.54) is 17.8 Å². The molecule has 0 aliphatic rings. The molecular weight excluding hydrogens is 463 g/mol. The van der Waals surface area contributed by atoms with Gasteiger partial charge >= 0.3 is 0 Å². The molecule has 3 aromatic carbocycles. The van der Waals surface area contributed by atoms with Crippen molar-refractivity contribution in [3.63, 3.8) is 0 Å². The first kappa shape index (κ1) is 23.1. The van der Waals surface area contributed by atoms with E-state index in [-0.39, 0.29) is 17.1 Å². The van der Waals surface area contributed by atoms with E-state index in [9.17, 15) is 9.18 Å². The number of ether oxygens (including phenoxy) is 2. The van der Waals surface area contributed by atoms with Gasteiger partial charge in [0.25, 0.3) is 5.56 Å². The summed E-state index contributed by atoms with van der Waals surface area (Å²) in [6.45, 7) is 0.402. The van der Waals surface area contributed by atoms with Crippen molar-refractivity contribution in [2.24, 2.45) is 0 Å². The Balaban J connectivity index is 1.67. The summed E-state index contributed by atoms with van der Waals surface area (Å²) in [5.74, 6) is 1.15. The summed E-state index contributed by atoms with van der Waals surface area (Å²) in [7, 11) is 3.17. The summed E-state index contributed by atoms with van der Waals surface area (Å²) in [5.41, 5.74) is 1.84. The van der Waals surface area contributed by atoms with Crippen molar-refractivity contribution in [2.75, 3.05) is 14.2 Å². The van der Waals surface area contributed by atoms with Gasteiger partial charge in [0.15, 0.2) is 16.7 Å². The maximum Gasteiger partial charge on any atom is 0.262 e. The number of aryl methyl sites for hydroxylation is 1. The van der Waals surface area contributed by atoms with E-state index in [1.54, 1.807) is 43.1 Å². The molecule has 4 rings (SSSR count). The number of halogens is 2. The minimum absolute atomic E-state index is 0.136. The zero-order chi connectivity index (χ0) is 23.4. The fourth-order valence-electron chi connectivity index (χ4n) is 3.54. The van der Waals surface area contributed by atoms with E-state index in [1.807, 2.05) is 30.3 Å². The molecule has 0 saturated heterocycles. The van der Waals surface area contributed by atoms with E-state index in [2.05, 4.69) is 0 Å². The molecule has 0 saturated carbocycles. The van der Waals surface area contributed by atoms with Crippen molar-refractivity contribution in [2.45, 2.75) is 23.9 Å². The number of nitrogens with zero attached hydrogens (tertiary/aromatic N) is 2. The van der Waals surface area contributed by atoms with Crippen LogP contribution in [0.25, 0.3) is 10.9 Å². The molecule has 4 aromatic rings. The Morgan fingerprint density at radius 3 is 2.58 bits per heavy atom. The van der Waals surface area contributed by atoms with Gasteiger partial charge in [0.2, 0.25) is 0 Å². The topological polar surface area (TPSA) is 53.4 Å². The lowest BCUT2D eigenvalue weighted by Gasteiger charge is -2.14. The second-order valence-electron chi connectivity index (χ2n) is 7.30. The lowest BCUT2D eigenvalue weighted by Crippen LogP contribution is -2.24. The van der Waals surface area contributed by atoms with E-state index in [0.717, 1.165) is 5.56 Å². The Morgan fingerprint density at radius 1 is 1.03 bits per heavy atom. The molecule has 0 atom stereocenters. The second-order valence-corrected chi connectivity index (χ2v) is 8.65. The Bertz CT molecular complexity index is 1340. The molecule has 8 heteroatoms. The van der Waals surface area contributed by atoms with Crippen LogP contribution in [0.15, 0.2) is 70.6 Å². The van der Waals surface area contributed by atoms with Gasteiger partial charge in [-0.1, -0.05) is 47.6 Å².